The average molecular weight is 263 g/mol. The minimum Gasteiger partial charge on any atom is -0.444 e. The molecule has 0 aromatic rings. The predicted octanol–water partition coefficient (Wildman–Crippen LogP) is -0.116. The molecular formula is C10H21N3O3S. The van der Waals surface area contributed by atoms with Crippen molar-refractivity contribution in [1.82, 2.24) is 10.6 Å². The summed E-state index contributed by atoms with van der Waals surface area (Å²) in [5.74, 6) is 0.216. The lowest BCUT2D eigenvalue weighted by Crippen LogP contribution is -2.49. The highest BCUT2D eigenvalue weighted by atomic mass is 32.1. The number of carbonyl (C=O) groups is 2. The van der Waals surface area contributed by atoms with E-state index in [1.54, 1.807) is 20.8 Å². The molecule has 0 radical (unpaired) electrons. The summed E-state index contributed by atoms with van der Waals surface area (Å²) in [5, 5.41) is 5.00. The third kappa shape index (κ3) is 8.82. The highest BCUT2D eigenvalue weighted by molar-refractivity contribution is 7.80. The summed E-state index contributed by atoms with van der Waals surface area (Å²) >= 11 is 3.95. The summed E-state index contributed by atoms with van der Waals surface area (Å²) in [7, 11) is 0. The van der Waals surface area contributed by atoms with E-state index >= 15 is 0 Å². The second-order valence-electron chi connectivity index (χ2n) is 4.50. The van der Waals surface area contributed by atoms with Gasteiger partial charge in [0.05, 0.1) is 0 Å². The van der Waals surface area contributed by atoms with Crippen LogP contribution in [0.3, 0.4) is 0 Å². The van der Waals surface area contributed by atoms with Crippen molar-refractivity contribution in [2.75, 3.05) is 18.8 Å². The summed E-state index contributed by atoms with van der Waals surface area (Å²) in [6.45, 7) is 5.75. The fourth-order valence-corrected chi connectivity index (χ4v) is 1.02. The number of rotatable bonds is 5. The molecule has 0 aliphatic rings. The Bertz CT molecular complexity index is 266. The second-order valence-corrected chi connectivity index (χ2v) is 4.95. The highest BCUT2D eigenvalue weighted by Gasteiger charge is 2.18. The number of hydrogen-bond donors (Lipinski definition) is 4. The van der Waals surface area contributed by atoms with Crippen LogP contribution in [0.5, 0.6) is 0 Å². The van der Waals surface area contributed by atoms with Crippen LogP contribution in [0.1, 0.15) is 20.8 Å². The van der Waals surface area contributed by atoms with E-state index in [1.165, 1.54) is 0 Å². The fraction of sp³-hybridized carbons (Fsp3) is 0.800. The van der Waals surface area contributed by atoms with Gasteiger partial charge in [-0.1, -0.05) is 0 Å². The standard InChI is InChI=1S/C10H21N3O3S/c1-10(2,3)16-9(15)13-6-7(11)8(14)12-4-5-17/h7,17H,4-6,11H2,1-3H3,(H,12,14)(H,13,15)/t7-/m0/s1. The molecule has 0 aliphatic heterocycles. The summed E-state index contributed by atoms with van der Waals surface area (Å²) in [5.41, 5.74) is 5.00. The first kappa shape index (κ1) is 16.1. The molecular weight excluding hydrogens is 242 g/mol. The normalized spacial score (nSPS) is 12.8. The molecule has 1 atom stereocenters. The zero-order valence-corrected chi connectivity index (χ0v) is 11.3. The Morgan fingerprint density at radius 2 is 1.94 bits per heavy atom. The SMILES string of the molecule is CC(C)(C)OC(=O)NC[C@H](N)C(=O)NCCS. The number of ether oxygens (including phenoxy) is 1. The molecule has 0 saturated heterocycles. The zero-order chi connectivity index (χ0) is 13.5. The molecule has 0 saturated carbocycles. The first-order valence-corrected chi connectivity index (χ1v) is 6.00. The van der Waals surface area contributed by atoms with E-state index in [1.807, 2.05) is 0 Å². The molecule has 4 N–H and O–H groups in total. The Kier molecular flexibility index (Phi) is 6.98. The molecule has 0 aliphatic carbocycles. The monoisotopic (exact) mass is 263 g/mol. The summed E-state index contributed by atoms with van der Waals surface area (Å²) in [6.07, 6.45) is -0.588. The lowest BCUT2D eigenvalue weighted by Gasteiger charge is -2.20. The first-order chi connectivity index (χ1) is 7.76. The fourth-order valence-electron chi connectivity index (χ4n) is 0.910. The minimum atomic E-state index is -0.789. The van der Waals surface area contributed by atoms with Crippen LogP contribution in [0.15, 0.2) is 0 Å². The van der Waals surface area contributed by atoms with Crippen LogP contribution < -0.4 is 16.4 Å². The van der Waals surface area contributed by atoms with Crippen molar-refractivity contribution in [3.63, 3.8) is 0 Å². The van der Waals surface area contributed by atoms with Gasteiger partial charge in [0.25, 0.3) is 0 Å². The van der Waals surface area contributed by atoms with Crippen LogP contribution in [0, 0.1) is 0 Å². The number of nitrogens with one attached hydrogen (secondary N) is 2. The van der Waals surface area contributed by atoms with Crippen molar-refractivity contribution in [1.29, 1.82) is 0 Å². The van der Waals surface area contributed by atoms with E-state index in [0.717, 1.165) is 0 Å². The maximum Gasteiger partial charge on any atom is 0.407 e. The largest absolute Gasteiger partial charge is 0.444 e. The number of thiol groups is 1. The smallest absolute Gasteiger partial charge is 0.407 e. The molecule has 6 nitrogen and oxygen atoms in total. The molecule has 0 rings (SSSR count). The van der Waals surface area contributed by atoms with Gasteiger partial charge < -0.3 is 21.1 Å². The number of carbonyl (C=O) groups excluding carboxylic acids is 2. The maximum absolute atomic E-state index is 11.3. The van der Waals surface area contributed by atoms with Crippen molar-refractivity contribution in [2.24, 2.45) is 5.73 Å². The van der Waals surface area contributed by atoms with Gasteiger partial charge in [0.1, 0.15) is 11.6 Å². The molecule has 2 amide bonds. The predicted molar refractivity (Wildman–Crippen MR) is 69.1 cm³/mol. The van der Waals surface area contributed by atoms with E-state index < -0.39 is 17.7 Å². The van der Waals surface area contributed by atoms with Gasteiger partial charge in [-0.15, -0.1) is 0 Å². The summed E-state index contributed by atoms with van der Waals surface area (Å²) in [4.78, 5) is 22.6. The van der Waals surface area contributed by atoms with E-state index in [2.05, 4.69) is 23.3 Å². The van der Waals surface area contributed by atoms with Gasteiger partial charge in [0, 0.05) is 18.8 Å². The van der Waals surface area contributed by atoms with Gasteiger partial charge in [-0.05, 0) is 20.8 Å². The summed E-state index contributed by atoms with van der Waals surface area (Å²) in [6, 6.07) is -0.789. The Hall–Kier alpha value is -0.950. The van der Waals surface area contributed by atoms with Crippen molar-refractivity contribution in [2.45, 2.75) is 32.4 Å². The van der Waals surface area contributed by atoms with Crippen molar-refractivity contribution < 1.29 is 14.3 Å². The Balaban J connectivity index is 3.87. The van der Waals surface area contributed by atoms with Gasteiger partial charge in [-0.3, -0.25) is 4.79 Å². The van der Waals surface area contributed by atoms with E-state index in [4.69, 9.17) is 10.5 Å². The average Bonchev–Trinajstić information content (AvgIpc) is 2.20. The van der Waals surface area contributed by atoms with Gasteiger partial charge >= 0.3 is 6.09 Å². The highest BCUT2D eigenvalue weighted by Crippen LogP contribution is 2.06. The Morgan fingerprint density at radius 1 is 1.35 bits per heavy atom. The lowest BCUT2D eigenvalue weighted by molar-refractivity contribution is -0.122. The Labute approximate surface area is 107 Å². The van der Waals surface area contributed by atoms with Crippen molar-refractivity contribution in [3.05, 3.63) is 0 Å². The van der Waals surface area contributed by atoms with Gasteiger partial charge in [0.15, 0.2) is 0 Å². The van der Waals surface area contributed by atoms with Crippen LogP contribution >= 0.6 is 12.6 Å². The second kappa shape index (κ2) is 7.39. The topological polar surface area (TPSA) is 93.4 Å². The third-order valence-electron chi connectivity index (χ3n) is 1.61. The number of amides is 2. The maximum atomic E-state index is 11.3. The van der Waals surface area contributed by atoms with Crippen LogP contribution in [0.25, 0.3) is 0 Å². The van der Waals surface area contributed by atoms with Crippen LogP contribution in [-0.4, -0.2) is 42.5 Å². The van der Waals surface area contributed by atoms with E-state index in [-0.39, 0.29) is 12.5 Å². The molecule has 0 spiro atoms. The Morgan fingerprint density at radius 3 is 2.41 bits per heavy atom. The molecule has 7 heteroatoms. The third-order valence-corrected chi connectivity index (χ3v) is 1.84. The quantitative estimate of drug-likeness (QED) is 0.520. The number of hydrogen-bond acceptors (Lipinski definition) is 5. The molecule has 0 aromatic heterocycles. The van der Waals surface area contributed by atoms with E-state index in [9.17, 15) is 9.59 Å². The molecule has 0 aromatic carbocycles. The number of alkyl carbamates (subject to hydrolysis) is 1. The molecule has 0 bridgehead atoms. The molecule has 100 valence electrons. The van der Waals surface area contributed by atoms with Gasteiger partial charge in [0.2, 0.25) is 5.91 Å². The van der Waals surface area contributed by atoms with Gasteiger partial charge in [-0.2, -0.15) is 12.6 Å². The molecule has 0 unspecified atom stereocenters. The van der Waals surface area contributed by atoms with Crippen LogP contribution in [0.2, 0.25) is 0 Å². The molecule has 17 heavy (non-hydrogen) atoms. The van der Waals surface area contributed by atoms with Crippen molar-refractivity contribution >= 4 is 24.6 Å². The van der Waals surface area contributed by atoms with Crippen LogP contribution in [0.4, 0.5) is 4.79 Å². The summed E-state index contributed by atoms with van der Waals surface area (Å²) < 4.78 is 5.00. The molecule has 0 fully saturated rings. The van der Waals surface area contributed by atoms with Crippen molar-refractivity contribution in [3.8, 4) is 0 Å². The number of nitrogens with two attached hydrogens (primary N) is 1. The minimum absolute atomic E-state index is 0.0350. The van der Waals surface area contributed by atoms with E-state index in [0.29, 0.717) is 12.3 Å². The van der Waals surface area contributed by atoms with Gasteiger partial charge in [-0.25, -0.2) is 4.79 Å². The lowest BCUT2D eigenvalue weighted by atomic mass is 10.2. The first-order valence-electron chi connectivity index (χ1n) is 5.37. The zero-order valence-electron chi connectivity index (χ0n) is 10.4. The molecule has 0 heterocycles. The van der Waals surface area contributed by atoms with Crippen LogP contribution in [-0.2, 0) is 9.53 Å².